The maximum atomic E-state index is 12.1. The van der Waals surface area contributed by atoms with Gasteiger partial charge in [0.05, 0.1) is 4.90 Å². The van der Waals surface area contributed by atoms with E-state index in [4.69, 9.17) is 9.94 Å². The molecule has 0 saturated heterocycles. The molecule has 7 heteroatoms. The molecule has 1 aliphatic rings. The normalized spacial score (nSPS) is 16.9. The van der Waals surface area contributed by atoms with Crippen molar-refractivity contribution in [1.29, 1.82) is 0 Å². The molecular weight excluding hydrogens is 282 g/mol. The van der Waals surface area contributed by atoms with Gasteiger partial charge in [0.25, 0.3) is 10.0 Å². The molecule has 110 valence electrons. The molecule has 1 saturated carbocycles. The smallest absolute Gasteiger partial charge is 0.335 e. The number of sulfonamides is 1. The van der Waals surface area contributed by atoms with Crippen molar-refractivity contribution < 1.29 is 23.2 Å². The first-order valence-corrected chi connectivity index (χ1v) is 7.77. The molecule has 1 aromatic carbocycles. The molecule has 1 aliphatic carbocycles. The van der Waals surface area contributed by atoms with Gasteiger partial charge < -0.3 is 5.11 Å². The molecule has 0 aliphatic heterocycles. The van der Waals surface area contributed by atoms with Gasteiger partial charge in [-0.1, -0.05) is 17.0 Å². The minimum atomic E-state index is -3.88. The van der Waals surface area contributed by atoms with E-state index in [1.807, 2.05) is 4.89 Å². The summed E-state index contributed by atoms with van der Waals surface area (Å²) < 4.78 is 24.3. The fourth-order valence-corrected chi connectivity index (χ4v) is 3.06. The summed E-state index contributed by atoms with van der Waals surface area (Å²) in [6, 6.07) is 4.90. The fraction of sp³-hybridized carbons (Fsp3) is 0.462. The Morgan fingerprint density at radius 2 is 2.05 bits per heavy atom. The average molecular weight is 299 g/mol. The number of carboxylic acid groups (broad SMARTS) is 1. The van der Waals surface area contributed by atoms with E-state index in [-0.39, 0.29) is 10.8 Å². The largest absolute Gasteiger partial charge is 0.479 e. The lowest BCUT2D eigenvalue weighted by molar-refractivity contribution is -0.154. The lowest BCUT2D eigenvalue weighted by atomic mass is 10.1. The Balaban J connectivity index is 2.15. The molecule has 2 rings (SSSR count). The van der Waals surface area contributed by atoms with Crippen LogP contribution in [0, 0.1) is 19.8 Å². The van der Waals surface area contributed by atoms with Gasteiger partial charge in [-0.05, 0) is 49.8 Å². The van der Waals surface area contributed by atoms with Crippen LogP contribution < -0.4 is 4.89 Å². The summed E-state index contributed by atoms with van der Waals surface area (Å²) in [5, 5.41) is 8.99. The number of carboxylic acids is 1. The molecule has 1 unspecified atom stereocenters. The highest BCUT2D eigenvalue weighted by Crippen LogP contribution is 2.34. The van der Waals surface area contributed by atoms with Crippen LogP contribution in [0.4, 0.5) is 0 Å². The molecule has 0 radical (unpaired) electrons. The van der Waals surface area contributed by atoms with Crippen LogP contribution >= 0.6 is 0 Å². The Hall–Kier alpha value is -1.44. The zero-order chi connectivity index (χ0) is 14.9. The van der Waals surface area contributed by atoms with Crippen LogP contribution in [0.2, 0.25) is 0 Å². The minimum Gasteiger partial charge on any atom is -0.479 e. The van der Waals surface area contributed by atoms with Gasteiger partial charge >= 0.3 is 5.97 Å². The second-order valence-corrected chi connectivity index (χ2v) is 6.61. The van der Waals surface area contributed by atoms with Crippen LogP contribution in [0.25, 0.3) is 0 Å². The second kappa shape index (κ2) is 5.51. The van der Waals surface area contributed by atoms with Crippen LogP contribution in [0.5, 0.6) is 0 Å². The fourth-order valence-electron chi connectivity index (χ4n) is 1.92. The first kappa shape index (κ1) is 15.0. The maximum Gasteiger partial charge on any atom is 0.335 e. The van der Waals surface area contributed by atoms with Gasteiger partial charge in [-0.2, -0.15) is 0 Å². The lowest BCUT2D eigenvalue weighted by Gasteiger charge is -2.14. The molecule has 0 spiro atoms. The van der Waals surface area contributed by atoms with E-state index in [1.165, 1.54) is 6.07 Å². The van der Waals surface area contributed by atoms with Crippen LogP contribution in [0.15, 0.2) is 23.1 Å². The molecule has 6 nitrogen and oxygen atoms in total. The summed E-state index contributed by atoms with van der Waals surface area (Å²) in [5.41, 5.74) is 1.45. The summed E-state index contributed by atoms with van der Waals surface area (Å²) >= 11 is 0. The summed E-state index contributed by atoms with van der Waals surface area (Å²) in [4.78, 5) is 17.9. The predicted molar refractivity (Wildman–Crippen MR) is 71.5 cm³/mol. The van der Waals surface area contributed by atoms with Crippen molar-refractivity contribution in [2.24, 2.45) is 5.92 Å². The zero-order valence-corrected chi connectivity index (χ0v) is 12.1. The van der Waals surface area contributed by atoms with E-state index in [2.05, 4.69) is 0 Å². The minimum absolute atomic E-state index is 0.0948. The van der Waals surface area contributed by atoms with Crippen molar-refractivity contribution in [2.75, 3.05) is 0 Å². The van der Waals surface area contributed by atoms with Crippen LogP contribution in [0.3, 0.4) is 0 Å². The van der Waals surface area contributed by atoms with Crippen molar-refractivity contribution >= 4 is 16.0 Å². The van der Waals surface area contributed by atoms with Crippen LogP contribution in [0.1, 0.15) is 24.0 Å². The third-order valence-corrected chi connectivity index (χ3v) is 4.76. The molecular formula is C13H17NO5S. The van der Waals surface area contributed by atoms with Crippen molar-refractivity contribution in [1.82, 2.24) is 4.89 Å². The topological polar surface area (TPSA) is 92.7 Å². The molecule has 20 heavy (non-hydrogen) atoms. The van der Waals surface area contributed by atoms with E-state index in [0.717, 1.165) is 18.4 Å². The molecule has 1 aromatic rings. The van der Waals surface area contributed by atoms with Gasteiger partial charge in [0.15, 0.2) is 6.10 Å². The summed E-state index contributed by atoms with van der Waals surface area (Å²) in [6.45, 7) is 3.50. The average Bonchev–Trinajstić information content (AvgIpc) is 3.16. The van der Waals surface area contributed by atoms with Crippen molar-refractivity contribution in [3.8, 4) is 0 Å². The van der Waals surface area contributed by atoms with E-state index in [1.54, 1.807) is 26.0 Å². The van der Waals surface area contributed by atoms with E-state index < -0.39 is 22.1 Å². The molecule has 2 N–H and O–H groups in total. The third-order valence-electron chi connectivity index (χ3n) is 3.42. The SMILES string of the molecule is Cc1cccc(S(=O)(=O)NOC(C(=O)O)C2CC2)c1C. The van der Waals surface area contributed by atoms with Crippen LogP contribution in [-0.2, 0) is 19.7 Å². The number of nitrogens with one attached hydrogen (secondary N) is 1. The highest BCUT2D eigenvalue weighted by Gasteiger charge is 2.38. The maximum absolute atomic E-state index is 12.1. The lowest BCUT2D eigenvalue weighted by Crippen LogP contribution is -2.36. The monoisotopic (exact) mass is 299 g/mol. The van der Waals surface area contributed by atoms with E-state index in [9.17, 15) is 13.2 Å². The van der Waals surface area contributed by atoms with Gasteiger partial charge in [0.1, 0.15) is 0 Å². The molecule has 0 bridgehead atoms. The number of aryl methyl sites for hydroxylation is 1. The zero-order valence-electron chi connectivity index (χ0n) is 11.3. The Labute approximate surface area is 117 Å². The van der Waals surface area contributed by atoms with Gasteiger partial charge in [-0.3, -0.25) is 4.84 Å². The van der Waals surface area contributed by atoms with Crippen LogP contribution in [-0.4, -0.2) is 25.6 Å². The standard InChI is InChI=1S/C13H17NO5S/c1-8-4-3-5-11(9(8)2)20(17,18)14-19-12(13(15)16)10-6-7-10/h3-5,10,12,14H,6-7H2,1-2H3,(H,15,16). The van der Waals surface area contributed by atoms with Crippen molar-refractivity contribution in [3.05, 3.63) is 29.3 Å². The Bertz CT molecular complexity index is 622. The number of rotatable bonds is 6. The van der Waals surface area contributed by atoms with Gasteiger partial charge in [-0.25, -0.2) is 13.2 Å². The predicted octanol–water partition coefficient (Wildman–Crippen LogP) is 1.38. The number of aliphatic carboxylic acids is 1. The summed E-state index contributed by atoms with van der Waals surface area (Å²) in [5.74, 6) is -1.27. The highest BCUT2D eigenvalue weighted by atomic mass is 32.2. The second-order valence-electron chi connectivity index (χ2n) is 5.00. The molecule has 1 fully saturated rings. The van der Waals surface area contributed by atoms with E-state index in [0.29, 0.717) is 5.56 Å². The van der Waals surface area contributed by atoms with Crippen molar-refractivity contribution in [3.63, 3.8) is 0 Å². The summed E-state index contributed by atoms with van der Waals surface area (Å²) in [6.07, 6.45) is 0.347. The number of carbonyl (C=O) groups is 1. The van der Waals surface area contributed by atoms with Crippen molar-refractivity contribution in [2.45, 2.75) is 37.7 Å². The quantitative estimate of drug-likeness (QED) is 0.774. The number of hydrogen-bond donors (Lipinski definition) is 2. The number of hydrogen-bond acceptors (Lipinski definition) is 4. The Morgan fingerprint density at radius 1 is 1.40 bits per heavy atom. The Kier molecular flexibility index (Phi) is 4.12. The number of benzene rings is 1. The van der Waals surface area contributed by atoms with E-state index >= 15 is 0 Å². The van der Waals surface area contributed by atoms with Gasteiger partial charge in [-0.15, -0.1) is 0 Å². The molecule has 1 atom stereocenters. The molecule has 0 aromatic heterocycles. The van der Waals surface area contributed by atoms with Gasteiger partial charge in [0.2, 0.25) is 0 Å². The third kappa shape index (κ3) is 3.17. The Morgan fingerprint density at radius 3 is 2.60 bits per heavy atom. The molecule has 0 heterocycles. The summed E-state index contributed by atoms with van der Waals surface area (Å²) in [7, 11) is -3.88. The molecule has 0 amide bonds. The highest BCUT2D eigenvalue weighted by molar-refractivity contribution is 7.89. The first-order valence-electron chi connectivity index (χ1n) is 6.29. The first-order chi connectivity index (χ1) is 9.33. The van der Waals surface area contributed by atoms with Gasteiger partial charge in [0, 0.05) is 0 Å².